The average Bonchev–Trinajstić information content (AvgIpc) is 2.71. The molecule has 4 N–H and O–H groups in total. The highest BCUT2D eigenvalue weighted by atomic mass is 32.1. The molecule has 0 saturated carbocycles. The molecule has 2 aromatic rings. The predicted octanol–water partition coefficient (Wildman–Crippen LogP) is 2.53. The minimum atomic E-state index is -0.791. The van der Waals surface area contributed by atoms with E-state index in [1.54, 1.807) is 12.1 Å². The Hall–Kier alpha value is -3.86. The van der Waals surface area contributed by atoms with Gasteiger partial charge in [0, 0.05) is 23.7 Å². The first kappa shape index (κ1) is 23.4. The van der Waals surface area contributed by atoms with Crippen LogP contribution in [0.3, 0.4) is 0 Å². The van der Waals surface area contributed by atoms with Gasteiger partial charge < -0.3 is 5.32 Å². The quantitative estimate of drug-likeness (QED) is 0.305. The van der Waals surface area contributed by atoms with Crippen molar-refractivity contribution in [1.82, 2.24) is 16.2 Å². The van der Waals surface area contributed by atoms with Crippen molar-refractivity contribution < 1.29 is 19.3 Å². The van der Waals surface area contributed by atoms with E-state index in [0.29, 0.717) is 12.1 Å². The van der Waals surface area contributed by atoms with Crippen LogP contribution < -0.4 is 21.5 Å². The van der Waals surface area contributed by atoms with E-state index in [-0.39, 0.29) is 33.8 Å². The first-order chi connectivity index (χ1) is 14.7. The lowest BCUT2D eigenvalue weighted by Gasteiger charge is -2.11. The van der Waals surface area contributed by atoms with E-state index in [2.05, 4.69) is 21.5 Å². The summed E-state index contributed by atoms with van der Waals surface area (Å²) in [6.07, 6.45) is 0.390. The summed E-state index contributed by atoms with van der Waals surface area (Å²) in [4.78, 5) is 46.5. The molecule has 0 spiro atoms. The highest BCUT2D eigenvalue weighted by Gasteiger charge is 2.20. The molecule has 11 heteroatoms. The number of nitrogens with one attached hydrogen (secondary N) is 4. The number of para-hydroxylation sites is 1. The number of thiocarbonyl (C=S) groups is 1. The van der Waals surface area contributed by atoms with Crippen molar-refractivity contribution in [2.24, 2.45) is 5.92 Å². The summed E-state index contributed by atoms with van der Waals surface area (Å²) < 4.78 is 0. The number of carbonyl (C=O) groups is 3. The fraction of sp³-hybridized carbons (Fsp3) is 0.200. The summed E-state index contributed by atoms with van der Waals surface area (Å²) in [5, 5.41) is 15.8. The number of hydrazine groups is 1. The van der Waals surface area contributed by atoms with Crippen LogP contribution in [-0.4, -0.2) is 27.8 Å². The number of nitro groups is 1. The molecule has 0 fully saturated rings. The van der Waals surface area contributed by atoms with Crippen molar-refractivity contribution in [2.45, 2.75) is 20.3 Å². The maximum Gasteiger partial charge on any atom is 0.282 e. The second-order valence-corrected chi connectivity index (χ2v) is 7.27. The maximum atomic E-state index is 12.2. The van der Waals surface area contributed by atoms with Crippen molar-refractivity contribution >= 4 is 46.4 Å². The number of hydrogen-bond acceptors (Lipinski definition) is 6. The molecular formula is C20H21N5O5S. The molecule has 3 amide bonds. The van der Waals surface area contributed by atoms with E-state index in [1.807, 2.05) is 13.8 Å². The van der Waals surface area contributed by atoms with E-state index in [0.717, 1.165) is 0 Å². The number of hydrogen-bond donors (Lipinski definition) is 4. The minimum Gasteiger partial charge on any atom is -0.326 e. The fourth-order valence-corrected chi connectivity index (χ4v) is 2.64. The Bertz CT molecular complexity index is 1010. The van der Waals surface area contributed by atoms with Gasteiger partial charge in [-0.05, 0) is 48.5 Å². The molecule has 2 rings (SSSR count). The van der Waals surface area contributed by atoms with Gasteiger partial charge in [-0.2, -0.15) is 0 Å². The predicted molar refractivity (Wildman–Crippen MR) is 118 cm³/mol. The Kier molecular flexibility index (Phi) is 8.15. The second kappa shape index (κ2) is 10.8. The van der Waals surface area contributed by atoms with E-state index in [9.17, 15) is 24.5 Å². The third-order valence-electron chi connectivity index (χ3n) is 3.89. The Labute approximate surface area is 183 Å². The number of amides is 3. The Balaban J connectivity index is 1.88. The number of rotatable bonds is 6. The lowest BCUT2D eigenvalue weighted by Crippen LogP contribution is -2.48. The second-order valence-electron chi connectivity index (χ2n) is 6.86. The summed E-state index contributed by atoms with van der Waals surface area (Å²) >= 11 is 4.93. The zero-order valence-corrected chi connectivity index (χ0v) is 17.6. The van der Waals surface area contributed by atoms with Gasteiger partial charge in [0.1, 0.15) is 5.56 Å². The molecule has 0 aromatic heterocycles. The lowest BCUT2D eigenvalue weighted by atomic mass is 10.1. The number of nitrogens with zero attached hydrogens (tertiary/aromatic N) is 1. The van der Waals surface area contributed by atoms with Gasteiger partial charge in [0.25, 0.3) is 17.5 Å². The van der Waals surface area contributed by atoms with Crippen molar-refractivity contribution in [2.75, 3.05) is 5.32 Å². The largest absolute Gasteiger partial charge is 0.326 e. The van der Waals surface area contributed by atoms with Gasteiger partial charge in [0.15, 0.2) is 5.11 Å². The van der Waals surface area contributed by atoms with Crippen LogP contribution in [0.1, 0.15) is 41.0 Å². The smallest absolute Gasteiger partial charge is 0.282 e. The SMILES string of the molecule is CC(C)CC(=O)Nc1ccc(C(=O)NNC(=S)NC(=O)c2ccccc2[N+](=O)[O-])cc1. The molecular weight excluding hydrogens is 422 g/mol. The van der Waals surface area contributed by atoms with Crippen molar-refractivity contribution in [3.05, 3.63) is 69.8 Å². The summed E-state index contributed by atoms with van der Waals surface area (Å²) in [6.45, 7) is 3.88. The number of nitro benzene ring substituents is 1. The number of anilines is 1. The van der Waals surface area contributed by atoms with Gasteiger partial charge in [-0.15, -0.1) is 0 Å². The zero-order chi connectivity index (χ0) is 23.0. The molecule has 31 heavy (non-hydrogen) atoms. The average molecular weight is 443 g/mol. The van der Waals surface area contributed by atoms with Gasteiger partial charge in [0.05, 0.1) is 4.92 Å². The van der Waals surface area contributed by atoms with Gasteiger partial charge >= 0.3 is 0 Å². The maximum absolute atomic E-state index is 12.2. The molecule has 10 nitrogen and oxygen atoms in total. The molecule has 2 aromatic carbocycles. The molecule has 162 valence electrons. The van der Waals surface area contributed by atoms with E-state index >= 15 is 0 Å². The van der Waals surface area contributed by atoms with Crippen LogP contribution in [0.25, 0.3) is 0 Å². The topological polar surface area (TPSA) is 142 Å². The Morgan fingerprint density at radius 3 is 2.26 bits per heavy atom. The highest BCUT2D eigenvalue weighted by Crippen LogP contribution is 2.17. The van der Waals surface area contributed by atoms with Gasteiger partial charge in [-0.25, -0.2) is 0 Å². The Morgan fingerprint density at radius 1 is 1.00 bits per heavy atom. The molecule has 0 unspecified atom stereocenters. The number of benzene rings is 2. The van der Waals surface area contributed by atoms with E-state index in [1.165, 1.54) is 36.4 Å². The first-order valence-corrected chi connectivity index (χ1v) is 9.63. The van der Waals surface area contributed by atoms with Crippen LogP contribution in [-0.2, 0) is 4.79 Å². The minimum absolute atomic E-state index is 0.117. The van der Waals surface area contributed by atoms with Gasteiger partial charge in [0.2, 0.25) is 5.91 Å². The molecule has 0 atom stereocenters. The molecule has 0 aliphatic carbocycles. The van der Waals surface area contributed by atoms with Crippen LogP contribution in [0.15, 0.2) is 48.5 Å². The normalized spacial score (nSPS) is 10.2. The molecule has 0 bridgehead atoms. The first-order valence-electron chi connectivity index (χ1n) is 9.22. The van der Waals surface area contributed by atoms with Crippen LogP contribution in [0.2, 0.25) is 0 Å². The highest BCUT2D eigenvalue weighted by molar-refractivity contribution is 7.80. The fourth-order valence-electron chi connectivity index (χ4n) is 2.50. The molecule has 0 saturated heterocycles. The van der Waals surface area contributed by atoms with Crippen LogP contribution in [0.5, 0.6) is 0 Å². The lowest BCUT2D eigenvalue weighted by molar-refractivity contribution is -0.385. The van der Waals surface area contributed by atoms with E-state index < -0.39 is 16.7 Å². The van der Waals surface area contributed by atoms with Crippen molar-refractivity contribution in [1.29, 1.82) is 0 Å². The van der Waals surface area contributed by atoms with E-state index in [4.69, 9.17) is 12.2 Å². The van der Waals surface area contributed by atoms with Crippen molar-refractivity contribution in [3.8, 4) is 0 Å². The summed E-state index contributed by atoms with van der Waals surface area (Å²) in [5.74, 6) is -1.22. The van der Waals surface area contributed by atoms with Gasteiger partial charge in [-0.1, -0.05) is 26.0 Å². The monoisotopic (exact) mass is 443 g/mol. The zero-order valence-electron chi connectivity index (χ0n) is 16.8. The third kappa shape index (κ3) is 7.16. The molecule has 0 aliphatic rings. The van der Waals surface area contributed by atoms with Gasteiger partial charge in [-0.3, -0.25) is 40.7 Å². The molecule has 0 aliphatic heterocycles. The summed E-state index contributed by atoms with van der Waals surface area (Å²) in [6, 6.07) is 11.6. The third-order valence-corrected chi connectivity index (χ3v) is 4.09. The number of carbonyl (C=O) groups excluding carboxylic acids is 3. The van der Waals surface area contributed by atoms with Crippen LogP contribution in [0, 0.1) is 16.0 Å². The molecule has 0 radical (unpaired) electrons. The Morgan fingerprint density at radius 2 is 1.65 bits per heavy atom. The molecule has 0 heterocycles. The van der Waals surface area contributed by atoms with Crippen LogP contribution >= 0.6 is 12.2 Å². The standard InChI is InChI=1S/C20H21N5O5S/c1-12(2)11-17(26)21-14-9-7-13(8-10-14)18(27)23-24-20(31)22-19(28)15-5-3-4-6-16(15)25(29)30/h3-10,12H,11H2,1-2H3,(H,21,26)(H,23,27)(H2,22,24,28,31). The van der Waals surface area contributed by atoms with Crippen molar-refractivity contribution in [3.63, 3.8) is 0 Å². The summed E-state index contributed by atoms with van der Waals surface area (Å²) in [5.41, 5.74) is 4.97. The van der Waals surface area contributed by atoms with Crippen LogP contribution in [0.4, 0.5) is 11.4 Å². The summed E-state index contributed by atoms with van der Waals surface area (Å²) in [7, 11) is 0.